The summed E-state index contributed by atoms with van der Waals surface area (Å²) in [6.07, 6.45) is 1.31. The molecule has 1 aliphatic rings. The smallest absolute Gasteiger partial charge is 0.248 e. The van der Waals surface area contributed by atoms with Gasteiger partial charge in [0.1, 0.15) is 10.6 Å². The number of piperidine rings is 1. The Labute approximate surface area is 160 Å². The van der Waals surface area contributed by atoms with Crippen LogP contribution in [-0.4, -0.2) is 43.9 Å². The Morgan fingerprint density at radius 2 is 1.89 bits per heavy atom. The number of anilines is 1. The number of benzene rings is 1. The summed E-state index contributed by atoms with van der Waals surface area (Å²) in [6, 6.07) is 7.70. The van der Waals surface area contributed by atoms with Crippen LogP contribution in [0, 0.1) is 26.7 Å². The number of aryl methyl sites for hydroxylation is 3. The van der Waals surface area contributed by atoms with Gasteiger partial charge < -0.3 is 9.42 Å². The van der Waals surface area contributed by atoms with Gasteiger partial charge >= 0.3 is 0 Å². The van der Waals surface area contributed by atoms with Crippen molar-refractivity contribution in [2.45, 2.75) is 38.5 Å². The minimum atomic E-state index is -3.74. The second-order valence-corrected chi connectivity index (χ2v) is 8.96. The highest BCUT2D eigenvalue weighted by Crippen LogP contribution is 2.29. The van der Waals surface area contributed by atoms with Gasteiger partial charge in [-0.3, -0.25) is 4.79 Å². The molecule has 0 spiro atoms. The number of amides is 1. The fraction of sp³-hybridized carbons (Fsp3) is 0.474. The number of sulfonamides is 1. The zero-order chi connectivity index (χ0) is 19.8. The average Bonchev–Trinajstić information content (AvgIpc) is 3.00. The Morgan fingerprint density at radius 1 is 1.22 bits per heavy atom. The third kappa shape index (κ3) is 3.77. The van der Waals surface area contributed by atoms with E-state index in [2.05, 4.69) is 5.16 Å². The Morgan fingerprint density at radius 3 is 2.48 bits per heavy atom. The lowest BCUT2D eigenvalue weighted by molar-refractivity contribution is -0.123. The number of hydrogen-bond acceptors (Lipinski definition) is 5. The van der Waals surface area contributed by atoms with Gasteiger partial charge in [-0.15, -0.1) is 0 Å². The number of carbonyl (C=O) groups excluding carboxylic acids is 1. The minimum Gasteiger partial charge on any atom is -0.360 e. The lowest BCUT2D eigenvalue weighted by Crippen LogP contribution is -2.46. The van der Waals surface area contributed by atoms with Crippen LogP contribution in [0.25, 0.3) is 0 Å². The molecule has 1 fully saturated rings. The highest BCUT2D eigenvalue weighted by molar-refractivity contribution is 7.89. The van der Waals surface area contributed by atoms with Crippen LogP contribution in [0.15, 0.2) is 33.7 Å². The lowest BCUT2D eigenvalue weighted by Gasteiger charge is -2.33. The number of aromatic nitrogens is 1. The summed E-state index contributed by atoms with van der Waals surface area (Å²) in [5.74, 6) is -0.171. The molecule has 0 saturated carbocycles. The van der Waals surface area contributed by atoms with Gasteiger partial charge in [0.2, 0.25) is 15.9 Å². The van der Waals surface area contributed by atoms with Crippen molar-refractivity contribution in [2.75, 3.05) is 25.0 Å². The first-order valence-corrected chi connectivity index (χ1v) is 10.4. The molecule has 0 radical (unpaired) electrons. The van der Waals surface area contributed by atoms with Gasteiger partial charge in [-0.25, -0.2) is 8.42 Å². The standard InChI is InChI=1S/C19H25N3O4S/c1-13-7-9-17(10-8-13)21(4)19(23)16-6-5-11-22(12-16)27(24,25)18-14(2)20-26-15(18)3/h7-10,16H,5-6,11-12H2,1-4H3. The van der Waals surface area contributed by atoms with E-state index in [-0.39, 0.29) is 29.0 Å². The first-order valence-electron chi connectivity index (χ1n) is 8.99. The van der Waals surface area contributed by atoms with Gasteiger partial charge in [-0.05, 0) is 45.7 Å². The number of hydrogen-bond donors (Lipinski definition) is 0. The molecule has 7 nitrogen and oxygen atoms in total. The van der Waals surface area contributed by atoms with Gasteiger partial charge in [0.15, 0.2) is 5.76 Å². The van der Waals surface area contributed by atoms with Crippen molar-refractivity contribution in [3.05, 3.63) is 41.3 Å². The van der Waals surface area contributed by atoms with Crippen molar-refractivity contribution in [2.24, 2.45) is 5.92 Å². The summed E-state index contributed by atoms with van der Waals surface area (Å²) in [6.45, 7) is 5.75. The molecule has 1 aliphatic heterocycles. The van der Waals surface area contributed by atoms with Gasteiger partial charge in [-0.2, -0.15) is 4.31 Å². The monoisotopic (exact) mass is 391 g/mol. The maximum absolute atomic E-state index is 13.0. The van der Waals surface area contributed by atoms with E-state index in [1.165, 1.54) is 4.31 Å². The molecular weight excluding hydrogens is 366 g/mol. The quantitative estimate of drug-likeness (QED) is 0.800. The van der Waals surface area contributed by atoms with E-state index in [9.17, 15) is 13.2 Å². The molecule has 1 amide bonds. The molecule has 1 unspecified atom stereocenters. The third-order valence-electron chi connectivity index (χ3n) is 5.05. The Balaban J connectivity index is 1.79. The summed E-state index contributed by atoms with van der Waals surface area (Å²) in [5.41, 5.74) is 2.27. The highest BCUT2D eigenvalue weighted by atomic mass is 32.2. The number of nitrogens with zero attached hydrogens (tertiary/aromatic N) is 3. The van der Waals surface area contributed by atoms with Crippen LogP contribution < -0.4 is 4.90 Å². The topological polar surface area (TPSA) is 83.7 Å². The van der Waals surface area contributed by atoms with Crippen LogP contribution >= 0.6 is 0 Å². The van der Waals surface area contributed by atoms with Gasteiger partial charge in [-0.1, -0.05) is 22.9 Å². The van der Waals surface area contributed by atoms with E-state index in [1.807, 2.05) is 31.2 Å². The zero-order valence-electron chi connectivity index (χ0n) is 16.1. The van der Waals surface area contributed by atoms with Crippen LogP contribution in [0.5, 0.6) is 0 Å². The normalized spacial score (nSPS) is 18.4. The maximum atomic E-state index is 13.0. The van der Waals surface area contributed by atoms with E-state index < -0.39 is 10.0 Å². The van der Waals surface area contributed by atoms with E-state index >= 15 is 0 Å². The van der Waals surface area contributed by atoms with Crippen molar-refractivity contribution in [3.63, 3.8) is 0 Å². The fourth-order valence-corrected chi connectivity index (χ4v) is 5.32. The second kappa shape index (κ2) is 7.44. The molecule has 2 heterocycles. The van der Waals surface area contributed by atoms with Gasteiger partial charge in [0.25, 0.3) is 0 Å². The number of carbonyl (C=O) groups is 1. The molecular formula is C19H25N3O4S. The summed E-state index contributed by atoms with van der Waals surface area (Å²) < 4.78 is 32.5. The first-order chi connectivity index (χ1) is 12.7. The SMILES string of the molecule is Cc1ccc(N(C)C(=O)C2CCCN(S(=O)(=O)c3c(C)noc3C)C2)cc1. The first kappa shape index (κ1) is 19.6. The molecule has 1 aromatic carbocycles. The zero-order valence-corrected chi connectivity index (χ0v) is 16.9. The van der Waals surface area contributed by atoms with Crippen LogP contribution in [-0.2, 0) is 14.8 Å². The predicted molar refractivity (Wildman–Crippen MR) is 102 cm³/mol. The van der Waals surface area contributed by atoms with Gasteiger partial charge in [0, 0.05) is 25.8 Å². The molecule has 0 N–H and O–H groups in total. The molecule has 2 aromatic rings. The molecule has 8 heteroatoms. The Hall–Kier alpha value is -2.19. The fourth-order valence-electron chi connectivity index (χ4n) is 3.50. The Bertz CT molecular complexity index is 915. The van der Waals surface area contributed by atoms with Gasteiger partial charge in [0.05, 0.1) is 5.92 Å². The summed E-state index contributed by atoms with van der Waals surface area (Å²) in [5, 5.41) is 3.75. The molecule has 1 saturated heterocycles. The largest absolute Gasteiger partial charge is 0.360 e. The van der Waals surface area contributed by atoms with Crippen molar-refractivity contribution in [3.8, 4) is 0 Å². The molecule has 27 heavy (non-hydrogen) atoms. The van der Waals surface area contributed by atoms with Crippen molar-refractivity contribution in [1.29, 1.82) is 0 Å². The van der Waals surface area contributed by atoms with Crippen molar-refractivity contribution in [1.82, 2.24) is 9.46 Å². The van der Waals surface area contributed by atoms with E-state index in [4.69, 9.17) is 4.52 Å². The second-order valence-electron chi connectivity index (χ2n) is 7.09. The highest BCUT2D eigenvalue weighted by Gasteiger charge is 2.37. The molecule has 146 valence electrons. The van der Waals surface area contributed by atoms with E-state index in [0.717, 1.165) is 11.3 Å². The van der Waals surface area contributed by atoms with Crippen molar-refractivity contribution < 1.29 is 17.7 Å². The molecule has 0 bridgehead atoms. The third-order valence-corrected chi connectivity index (χ3v) is 7.16. The molecule has 0 aliphatic carbocycles. The number of rotatable bonds is 4. The van der Waals surface area contributed by atoms with E-state index in [0.29, 0.717) is 25.1 Å². The molecule has 1 atom stereocenters. The van der Waals surface area contributed by atoms with Crippen LogP contribution in [0.1, 0.15) is 29.9 Å². The summed E-state index contributed by atoms with van der Waals surface area (Å²) in [4.78, 5) is 14.7. The minimum absolute atomic E-state index is 0.0717. The average molecular weight is 391 g/mol. The summed E-state index contributed by atoms with van der Waals surface area (Å²) >= 11 is 0. The van der Waals surface area contributed by atoms with Crippen LogP contribution in [0.2, 0.25) is 0 Å². The van der Waals surface area contributed by atoms with Crippen LogP contribution in [0.3, 0.4) is 0 Å². The predicted octanol–water partition coefficient (Wildman–Crippen LogP) is 2.66. The maximum Gasteiger partial charge on any atom is 0.248 e. The van der Waals surface area contributed by atoms with Crippen molar-refractivity contribution >= 4 is 21.6 Å². The molecule has 1 aromatic heterocycles. The van der Waals surface area contributed by atoms with E-state index in [1.54, 1.807) is 25.8 Å². The summed E-state index contributed by atoms with van der Waals surface area (Å²) in [7, 11) is -2.01. The molecule has 3 rings (SSSR count). The lowest BCUT2D eigenvalue weighted by atomic mass is 9.98. The Kier molecular flexibility index (Phi) is 5.39. The van der Waals surface area contributed by atoms with Crippen LogP contribution in [0.4, 0.5) is 5.69 Å².